The average Bonchev–Trinajstić information content (AvgIpc) is 2.91. The van der Waals surface area contributed by atoms with E-state index in [0.717, 1.165) is 25.3 Å². The lowest BCUT2D eigenvalue weighted by molar-refractivity contribution is -0.0102. The van der Waals surface area contributed by atoms with Gasteiger partial charge in [-0.3, -0.25) is 0 Å². The first-order valence-electron chi connectivity index (χ1n) is 7.12. The molecule has 0 aliphatic heterocycles. The number of thiophene rings is 1. The molecule has 1 aliphatic rings. The van der Waals surface area contributed by atoms with Crippen molar-refractivity contribution >= 4 is 11.3 Å². The van der Waals surface area contributed by atoms with Gasteiger partial charge in [0, 0.05) is 17.5 Å². The highest BCUT2D eigenvalue weighted by Gasteiger charge is 2.32. The molecule has 2 N–H and O–H groups in total. The van der Waals surface area contributed by atoms with Gasteiger partial charge in [-0.2, -0.15) is 0 Å². The summed E-state index contributed by atoms with van der Waals surface area (Å²) in [4.78, 5) is 1.35. The Morgan fingerprint density at radius 1 is 1.50 bits per heavy atom. The first-order chi connectivity index (χ1) is 8.63. The van der Waals surface area contributed by atoms with Crippen molar-refractivity contribution in [3.05, 3.63) is 22.4 Å². The molecule has 1 aromatic rings. The Bertz CT molecular complexity index is 341. The van der Waals surface area contributed by atoms with E-state index in [1.54, 1.807) is 11.3 Å². The highest BCUT2D eigenvalue weighted by molar-refractivity contribution is 7.10. The van der Waals surface area contributed by atoms with E-state index >= 15 is 0 Å². The van der Waals surface area contributed by atoms with Crippen LogP contribution >= 0.6 is 11.3 Å². The summed E-state index contributed by atoms with van der Waals surface area (Å²) in [5.74, 6) is 0.833. The summed E-state index contributed by atoms with van der Waals surface area (Å²) in [6, 6.07) is 4.58. The number of nitrogens with one attached hydrogen (secondary N) is 1. The summed E-state index contributed by atoms with van der Waals surface area (Å²) in [5.41, 5.74) is -0.475. The van der Waals surface area contributed by atoms with E-state index in [2.05, 4.69) is 36.7 Å². The van der Waals surface area contributed by atoms with Gasteiger partial charge in [0.05, 0.1) is 5.60 Å². The molecule has 0 spiro atoms. The van der Waals surface area contributed by atoms with E-state index in [-0.39, 0.29) is 0 Å². The first kappa shape index (κ1) is 14.0. The molecule has 1 heterocycles. The number of rotatable bonds is 5. The van der Waals surface area contributed by atoms with Gasteiger partial charge in [-0.05, 0) is 50.0 Å². The minimum atomic E-state index is -0.475. The van der Waals surface area contributed by atoms with Crippen LogP contribution in [0.1, 0.15) is 56.9 Å². The van der Waals surface area contributed by atoms with Crippen LogP contribution in [-0.4, -0.2) is 17.3 Å². The van der Waals surface area contributed by atoms with Gasteiger partial charge in [-0.1, -0.05) is 19.4 Å². The van der Waals surface area contributed by atoms with Crippen LogP contribution in [0.15, 0.2) is 17.5 Å². The van der Waals surface area contributed by atoms with Crippen molar-refractivity contribution in [3.8, 4) is 0 Å². The molecule has 1 aliphatic carbocycles. The molecule has 102 valence electrons. The van der Waals surface area contributed by atoms with Crippen LogP contribution in [0.2, 0.25) is 0 Å². The van der Waals surface area contributed by atoms with E-state index < -0.39 is 5.60 Å². The second kappa shape index (κ2) is 6.18. The first-order valence-corrected chi connectivity index (χ1v) is 8.00. The Morgan fingerprint density at radius 3 is 2.78 bits per heavy atom. The van der Waals surface area contributed by atoms with E-state index in [4.69, 9.17) is 0 Å². The zero-order chi connectivity index (χ0) is 13.0. The zero-order valence-corrected chi connectivity index (χ0v) is 12.3. The van der Waals surface area contributed by atoms with Gasteiger partial charge in [0.2, 0.25) is 0 Å². The van der Waals surface area contributed by atoms with E-state index in [1.807, 2.05) is 0 Å². The van der Waals surface area contributed by atoms with Crippen LogP contribution in [0.3, 0.4) is 0 Å². The molecule has 0 aromatic carbocycles. The normalized spacial score (nSPS) is 30.3. The predicted molar refractivity (Wildman–Crippen MR) is 77.9 cm³/mol. The summed E-state index contributed by atoms with van der Waals surface area (Å²) in [7, 11) is 0. The molecule has 0 amide bonds. The van der Waals surface area contributed by atoms with Crippen LogP contribution in [0.5, 0.6) is 0 Å². The Balaban J connectivity index is 1.79. The standard InChI is InChI=1S/C15H25NOS/c1-3-13-6-8-15(17,9-7-13)11-16-12(2)14-5-4-10-18-14/h4-5,10,12-13,16-17H,3,6-9,11H2,1-2H3. The molecule has 1 aromatic heterocycles. The molecule has 0 saturated heterocycles. The lowest BCUT2D eigenvalue weighted by Crippen LogP contribution is -2.44. The van der Waals surface area contributed by atoms with E-state index in [0.29, 0.717) is 6.04 Å². The molecule has 1 saturated carbocycles. The topological polar surface area (TPSA) is 32.3 Å². The minimum Gasteiger partial charge on any atom is -0.389 e. The molecule has 1 atom stereocenters. The van der Waals surface area contributed by atoms with Gasteiger partial charge in [0.1, 0.15) is 0 Å². The van der Waals surface area contributed by atoms with Crippen molar-refractivity contribution in [2.45, 2.75) is 57.6 Å². The molecule has 2 rings (SSSR count). The second-order valence-corrected chi connectivity index (χ2v) is 6.67. The van der Waals surface area contributed by atoms with Crippen molar-refractivity contribution < 1.29 is 5.11 Å². The van der Waals surface area contributed by atoms with Crippen LogP contribution in [0.25, 0.3) is 0 Å². The fourth-order valence-electron chi connectivity index (χ4n) is 2.78. The van der Waals surface area contributed by atoms with Gasteiger partial charge in [-0.15, -0.1) is 11.3 Å². The van der Waals surface area contributed by atoms with Gasteiger partial charge in [0.25, 0.3) is 0 Å². The van der Waals surface area contributed by atoms with E-state index in [9.17, 15) is 5.11 Å². The zero-order valence-electron chi connectivity index (χ0n) is 11.5. The highest BCUT2D eigenvalue weighted by Crippen LogP contribution is 2.33. The van der Waals surface area contributed by atoms with Crippen LogP contribution in [0.4, 0.5) is 0 Å². The van der Waals surface area contributed by atoms with Crippen molar-refractivity contribution in [1.82, 2.24) is 5.32 Å². The summed E-state index contributed by atoms with van der Waals surface area (Å²) in [6.45, 7) is 5.15. The molecular formula is C15H25NOS. The molecule has 18 heavy (non-hydrogen) atoms. The van der Waals surface area contributed by atoms with Gasteiger partial charge in [0.15, 0.2) is 0 Å². The van der Waals surface area contributed by atoms with Crippen LogP contribution in [0, 0.1) is 5.92 Å². The van der Waals surface area contributed by atoms with Crippen LogP contribution in [-0.2, 0) is 0 Å². The second-order valence-electron chi connectivity index (χ2n) is 5.69. The van der Waals surface area contributed by atoms with Crippen molar-refractivity contribution in [2.24, 2.45) is 5.92 Å². The maximum atomic E-state index is 10.6. The maximum absolute atomic E-state index is 10.6. The smallest absolute Gasteiger partial charge is 0.0772 e. The van der Waals surface area contributed by atoms with E-state index in [1.165, 1.54) is 24.1 Å². The van der Waals surface area contributed by atoms with Gasteiger partial charge >= 0.3 is 0 Å². The number of hydrogen-bond donors (Lipinski definition) is 2. The monoisotopic (exact) mass is 267 g/mol. The lowest BCUT2D eigenvalue weighted by Gasteiger charge is -2.36. The summed E-state index contributed by atoms with van der Waals surface area (Å²) < 4.78 is 0. The Kier molecular flexibility index (Phi) is 4.82. The fourth-order valence-corrected chi connectivity index (χ4v) is 3.54. The van der Waals surface area contributed by atoms with Gasteiger partial charge < -0.3 is 10.4 Å². The molecule has 3 heteroatoms. The SMILES string of the molecule is CCC1CCC(O)(CNC(C)c2cccs2)CC1. The summed E-state index contributed by atoms with van der Waals surface area (Å²) in [6.07, 6.45) is 5.53. The highest BCUT2D eigenvalue weighted by atomic mass is 32.1. The average molecular weight is 267 g/mol. The number of hydrogen-bond acceptors (Lipinski definition) is 3. The fraction of sp³-hybridized carbons (Fsp3) is 0.733. The lowest BCUT2D eigenvalue weighted by atomic mass is 9.78. The Labute approximate surface area is 114 Å². The number of aliphatic hydroxyl groups is 1. The Morgan fingerprint density at radius 2 is 2.22 bits per heavy atom. The molecule has 0 bridgehead atoms. The van der Waals surface area contributed by atoms with Gasteiger partial charge in [-0.25, -0.2) is 0 Å². The Hall–Kier alpha value is -0.380. The molecule has 1 unspecified atom stereocenters. The largest absolute Gasteiger partial charge is 0.389 e. The predicted octanol–water partition coefficient (Wildman–Crippen LogP) is 3.73. The maximum Gasteiger partial charge on any atom is 0.0772 e. The summed E-state index contributed by atoms with van der Waals surface area (Å²) >= 11 is 1.78. The molecule has 1 fully saturated rings. The van der Waals surface area contributed by atoms with Crippen LogP contribution < -0.4 is 5.32 Å². The van der Waals surface area contributed by atoms with Crippen molar-refractivity contribution in [2.75, 3.05) is 6.54 Å². The summed E-state index contributed by atoms with van der Waals surface area (Å²) in [5, 5.41) is 16.2. The molecule has 2 nitrogen and oxygen atoms in total. The third-order valence-corrected chi connectivity index (χ3v) is 5.38. The molecular weight excluding hydrogens is 242 g/mol. The van der Waals surface area contributed by atoms with Crippen molar-refractivity contribution in [3.63, 3.8) is 0 Å². The molecule has 0 radical (unpaired) electrons. The quantitative estimate of drug-likeness (QED) is 0.852. The van der Waals surface area contributed by atoms with Crippen molar-refractivity contribution in [1.29, 1.82) is 0 Å². The third kappa shape index (κ3) is 3.56. The minimum absolute atomic E-state index is 0.345. The third-order valence-electron chi connectivity index (χ3n) is 4.32.